The first-order valence-corrected chi connectivity index (χ1v) is 8.06. The van der Waals surface area contributed by atoms with Crippen molar-refractivity contribution in [2.45, 2.75) is 71.4 Å². The molecule has 0 spiro atoms. The van der Waals surface area contributed by atoms with Crippen LogP contribution in [-0.4, -0.2) is 18.0 Å². The predicted octanol–water partition coefficient (Wildman–Crippen LogP) is 2.69. The Morgan fingerprint density at radius 1 is 1.00 bits per heavy atom. The number of nitrogens with one attached hydrogen (secondary N) is 1. The van der Waals surface area contributed by atoms with Gasteiger partial charge in [-0.3, -0.25) is 4.79 Å². The summed E-state index contributed by atoms with van der Waals surface area (Å²) in [6, 6.07) is 0.578. The van der Waals surface area contributed by atoms with Gasteiger partial charge in [-0.15, -0.1) is 0 Å². The summed E-state index contributed by atoms with van der Waals surface area (Å²) in [5, 5.41) is 3.33. The van der Waals surface area contributed by atoms with Gasteiger partial charge in [-0.25, -0.2) is 0 Å². The van der Waals surface area contributed by atoms with E-state index in [4.69, 9.17) is 5.73 Å². The fourth-order valence-corrected chi connectivity index (χ4v) is 3.84. The Labute approximate surface area is 117 Å². The number of amides is 1. The third kappa shape index (κ3) is 3.31. The van der Waals surface area contributed by atoms with Gasteiger partial charge >= 0.3 is 0 Å². The molecule has 2 saturated carbocycles. The van der Waals surface area contributed by atoms with Crippen LogP contribution in [0, 0.1) is 23.7 Å². The van der Waals surface area contributed by atoms with E-state index >= 15 is 0 Å². The first-order chi connectivity index (χ1) is 9.00. The zero-order valence-corrected chi connectivity index (χ0v) is 12.7. The van der Waals surface area contributed by atoms with Crippen LogP contribution in [0.25, 0.3) is 0 Å². The van der Waals surface area contributed by atoms with E-state index in [0.29, 0.717) is 17.9 Å². The zero-order chi connectivity index (χ0) is 14.0. The molecule has 2 aliphatic rings. The van der Waals surface area contributed by atoms with Gasteiger partial charge in [0.2, 0.25) is 5.91 Å². The van der Waals surface area contributed by atoms with Crippen LogP contribution < -0.4 is 11.1 Å². The Morgan fingerprint density at radius 3 is 2.42 bits per heavy atom. The molecule has 0 heterocycles. The molecule has 3 N–H and O–H groups in total. The third-order valence-corrected chi connectivity index (χ3v) is 5.73. The zero-order valence-electron chi connectivity index (χ0n) is 12.7. The molecule has 2 aliphatic carbocycles. The van der Waals surface area contributed by atoms with Gasteiger partial charge < -0.3 is 11.1 Å². The summed E-state index contributed by atoms with van der Waals surface area (Å²) in [7, 11) is 0. The molecular formula is C16H30N2O. The molecule has 6 atom stereocenters. The molecule has 0 aromatic rings. The summed E-state index contributed by atoms with van der Waals surface area (Å²) >= 11 is 0. The first kappa shape index (κ1) is 14.8. The summed E-state index contributed by atoms with van der Waals surface area (Å²) in [6.45, 7) is 6.73. The highest BCUT2D eigenvalue weighted by atomic mass is 16.2. The van der Waals surface area contributed by atoms with Crippen molar-refractivity contribution in [1.82, 2.24) is 5.32 Å². The van der Waals surface area contributed by atoms with Crippen molar-refractivity contribution in [3.8, 4) is 0 Å². The smallest absolute Gasteiger partial charge is 0.223 e. The van der Waals surface area contributed by atoms with Gasteiger partial charge in [0, 0.05) is 18.0 Å². The lowest BCUT2D eigenvalue weighted by molar-refractivity contribution is -0.129. The molecule has 19 heavy (non-hydrogen) atoms. The molecule has 2 fully saturated rings. The van der Waals surface area contributed by atoms with Gasteiger partial charge in [-0.1, -0.05) is 40.0 Å². The molecule has 6 unspecified atom stereocenters. The summed E-state index contributed by atoms with van der Waals surface area (Å²) in [5.74, 6) is 2.04. The minimum atomic E-state index is 0.133. The second-order valence-corrected chi connectivity index (χ2v) is 6.94. The van der Waals surface area contributed by atoms with E-state index in [2.05, 4.69) is 26.1 Å². The molecule has 0 radical (unpaired) electrons. The van der Waals surface area contributed by atoms with Gasteiger partial charge in [0.05, 0.1) is 0 Å². The minimum Gasteiger partial charge on any atom is -0.353 e. The van der Waals surface area contributed by atoms with Crippen molar-refractivity contribution in [2.24, 2.45) is 29.4 Å². The summed E-state index contributed by atoms with van der Waals surface area (Å²) in [5.41, 5.74) is 6.11. The van der Waals surface area contributed by atoms with E-state index in [0.717, 1.165) is 31.6 Å². The fraction of sp³-hybridized carbons (Fsp3) is 0.938. The van der Waals surface area contributed by atoms with Gasteiger partial charge in [-0.05, 0) is 37.0 Å². The molecule has 1 amide bonds. The van der Waals surface area contributed by atoms with Crippen LogP contribution in [0.3, 0.4) is 0 Å². The molecule has 110 valence electrons. The Hall–Kier alpha value is -0.570. The highest BCUT2D eigenvalue weighted by molar-refractivity contribution is 5.79. The number of rotatable bonds is 2. The highest BCUT2D eigenvalue weighted by Crippen LogP contribution is 2.32. The Bertz CT molecular complexity index is 318. The average molecular weight is 266 g/mol. The lowest BCUT2D eigenvalue weighted by Crippen LogP contribution is -2.50. The van der Waals surface area contributed by atoms with Crippen LogP contribution in [0.1, 0.15) is 59.3 Å². The maximum atomic E-state index is 12.5. The number of carbonyl (C=O) groups excluding carboxylic acids is 1. The standard InChI is InChI=1S/C16H30N2O/c1-10-6-4-9-15(11(10)2)18-16(19)13-7-5-8-14(17)12(13)3/h10-15H,4-9,17H2,1-3H3,(H,18,19). The molecule has 3 nitrogen and oxygen atoms in total. The van der Waals surface area contributed by atoms with E-state index in [1.165, 1.54) is 12.8 Å². The van der Waals surface area contributed by atoms with Crippen LogP contribution in [0.2, 0.25) is 0 Å². The summed E-state index contributed by atoms with van der Waals surface area (Å²) in [6.07, 6.45) is 6.87. The first-order valence-electron chi connectivity index (χ1n) is 8.06. The molecule has 0 aromatic heterocycles. The van der Waals surface area contributed by atoms with Crippen LogP contribution in [0.5, 0.6) is 0 Å². The maximum Gasteiger partial charge on any atom is 0.223 e. The summed E-state index contributed by atoms with van der Waals surface area (Å²) in [4.78, 5) is 12.5. The van der Waals surface area contributed by atoms with Crippen molar-refractivity contribution in [3.05, 3.63) is 0 Å². The normalized spacial score (nSPS) is 43.8. The second kappa shape index (κ2) is 6.25. The lowest BCUT2D eigenvalue weighted by Gasteiger charge is -2.38. The van der Waals surface area contributed by atoms with Crippen molar-refractivity contribution >= 4 is 5.91 Å². The van der Waals surface area contributed by atoms with Crippen molar-refractivity contribution < 1.29 is 4.79 Å². The van der Waals surface area contributed by atoms with Crippen LogP contribution in [0.4, 0.5) is 0 Å². The fourth-order valence-electron chi connectivity index (χ4n) is 3.84. The molecule has 0 aromatic carbocycles. The third-order valence-electron chi connectivity index (χ3n) is 5.73. The van der Waals surface area contributed by atoms with Crippen LogP contribution in [0.15, 0.2) is 0 Å². The Morgan fingerprint density at radius 2 is 1.68 bits per heavy atom. The van der Waals surface area contributed by atoms with E-state index in [9.17, 15) is 4.79 Å². The van der Waals surface area contributed by atoms with Gasteiger partial charge in [0.15, 0.2) is 0 Å². The molecule has 2 rings (SSSR count). The van der Waals surface area contributed by atoms with Gasteiger partial charge in [0.1, 0.15) is 0 Å². The van der Waals surface area contributed by atoms with Gasteiger partial charge in [0.25, 0.3) is 0 Å². The van der Waals surface area contributed by atoms with Gasteiger partial charge in [-0.2, -0.15) is 0 Å². The second-order valence-electron chi connectivity index (χ2n) is 6.94. The number of nitrogens with two attached hydrogens (primary N) is 1. The Balaban J connectivity index is 1.93. The van der Waals surface area contributed by atoms with Crippen molar-refractivity contribution in [3.63, 3.8) is 0 Å². The molecule has 0 aliphatic heterocycles. The average Bonchev–Trinajstić information content (AvgIpc) is 2.38. The molecule has 0 saturated heterocycles. The van der Waals surface area contributed by atoms with Crippen molar-refractivity contribution in [1.29, 1.82) is 0 Å². The van der Waals surface area contributed by atoms with Crippen molar-refractivity contribution in [2.75, 3.05) is 0 Å². The molecular weight excluding hydrogens is 236 g/mol. The highest BCUT2D eigenvalue weighted by Gasteiger charge is 2.35. The largest absolute Gasteiger partial charge is 0.353 e. The topological polar surface area (TPSA) is 55.1 Å². The predicted molar refractivity (Wildman–Crippen MR) is 78.6 cm³/mol. The molecule has 0 bridgehead atoms. The van der Waals surface area contributed by atoms with E-state index in [-0.39, 0.29) is 17.9 Å². The van der Waals surface area contributed by atoms with E-state index in [1.54, 1.807) is 0 Å². The SMILES string of the molecule is CC1CCCC(NC(=O)C2CCCC(N)C2C)C1C. The lowest BCUT2D eigenvalue weighted by atomic mass is 9.75. The summed E-state index contributed by atoms with van der Waals surface area (Å²) < 4.78 is 0. The van der Waals surface area contributed by atoms with E-state index < -0.39 is 0 Å². The van der Waals surface area contributed by atoms with Crippen LogP contribution >= 0.6 is 0 Å². The number of hydrogen-bond donors (Lipinski definition) is 2. The maximum absolute atomic E-state index is 12.5. The Kier molecular flexibility index (Phi) is 4.88. The van der Waals surface area contributed by atoms with E-state index in [1.807, 2.05) is 0 Å². The monoisotopic (exact) mass is 266 g/mol. The number of hydrogen-bond acceptors (Lipinski definition) is 2. The molecule has 3 heteroatoms. The van der Waals surface area contributed by atoms with Crippen LogP contribution in [-0.2, 0) is 4.79 Å². The quantitative estimate of drug-likeness (QED) is 0.807. The minimum absolute atomic E-state index is 0.133. The number of carbonyl (C=O) groups is 1.